The lowest BCUT2D eigenvalue weighted by Crippen LogP contribution is -2.27. The van der Waals surface area contributed by atoms with E-state index in [4.69, 9.17) is 9.73 Å². The van der Waals surface area contributed by atoms with Gasteiger partial charge < -0.3 is 4.74 Å². The van der Waals surface area contributed by atoms with Crippen LogP contribution in [-0.2, 0) is 17.2 Å². The summed E-state index contributed by atoms with van der Waals surface area (Å²) in [6.07, 6.45) is 2.05. The normalized spacial score (nSPS) is 12.7. The molecule has 41 heavy (non-hydrogen) atoms. The average molecular weight is 564 g/mol. The van der Waals surface area contributed by atoms with E-state index >= 15 is 0 Å². The number of aliphatic imine (C=N–C) groups is 1. The third-order valence-corrected chi connectivity index (χ3v) is 10.5. The number of rotatable bonds is 10. The molecule has 0 bridgehead atoms. The summed E-state index contributed by atoms with van der Waals surface area (Å²) in [4.78, 5) is 5.02. The van der Waals surface area contributed by atoms with E-state index < -0.39 is 0 Å². The lowest BCUT2D eigenvalue weighted by Gasteiger charge is -2.37. The Hall–Kier alpha value is -3.22. The number of benzene rings is 4. The van der Waals surface area contributed by atoms with Crippen LogP contribution in [-0.4, -0.2) is 5.71 Å². The fraction of sp³-hybridized carbons (Fsp3) is 0.342. The van der Waals surface area contributed by atoms with E-state index in [1.54, 1.807) is 0 Å². The quantitative estimate of drug-likeness (QED) is 0.139. The van der Waals surface area contributed by atoms with Gasteiger partial charge in [0.2, 0.25) is 0 Å². The SMILES string of the molecule is CCC(CC)(Pc1c(C)cccc1/C(C)=N/c1ccccc1)c1cc(C(C)(C)C)cc(C)c1OCc1ccccc1. The number of hydrogen-bond acceptors (Lipinski definition) is 2. The molecule has 4 aromatic rings. The van der Waals surface area contributed by atoms with Crippen molar-refractivity contribution < 1.29 is 4.74 Å². The predicted octanol–water partition coefficient (Wildman–Crippen LogP) is 10.3. The van der Waals surface area contributed by atoms with Crippen LogP contribution in [0.3, 0.4) is 0 Å². The maximum absolute atomic E-state index is 6.74. The molecule has 0 aliphatic carbocycles. The molecule has 1 unspecified atom stereocenters. The third-order valence-electron chi connectivity index (χ3n) is 8.17. The molecule has 0 aromatic heterocycles. The lowest BCUT2D eigenvalue weighted by atomic mass is 9.81. The summed E-state index contributed by atoms with van der Waals surface area (Å²) in [6.45, 7) is 18.8. The summed E-state index contributed by atoms with van der Waals surface area (Å²) >= 11 is 0. The van der Waals surface area contributed by atoms with Crippen molar-refractivity contribution >= 4 is 25.3 Å². The fourth-order valence-electron chi connectivity index (χ4n) is 5.49. The van der Waals surface area contributed by atoms with Gasteiger partial charge in [0.25, 0.3) is 0 Å². The number of hydrogen-bond donors (Lipinski definition) is 0. The van der Waals surface area contributed by atoms with Crippen LogP contribution < -0.4 is 10.0 Å². The van der Waals surface area contributed by atoms with Crippen molar-refractivity contribution in [2.24, 2.45) is 4.99 Å². The predicted molar refractivity (Wildman–Crippen MR) is 180 cm³/mol. The lowest BCUT2D eigenvalue weighted by molar-refractivity contribution is 0.296. The van der Waals surface area contributed by atoms with Crippen LogP contribution in [0.4, 0.5) is 5.69 Å². The van der Waals surface area contributed by atoms with Crippen LogP contribution in [0.2, 0.25) is 0 Å². The average Bonchev–Trinajstić information content (AvgIpc) is 2.96. The molecule has 4 aromatic carbocycles. The van der Waals surface area contributed by atoms with Gasteiger partial charge in [-0.3, -0.25) is 4.99 Å². The molecule has 0 fully saturated rings. The molecular formula is C38H46NOP. The smallest absolute Gasteiger partial charge is 0.126 e. The van der Waals surface area contributed by atoms with Crippen LogP contribution in [0.5, 0.6) is 5.75 Å². The van der Waals surface area contributed by atoms with E-state index in [0.717, 1.165) is 30.0 Å². The van der Waals surface area contributed by atoms with Gasteiger partial charge in [0.1, 0.15) is 12.4 Å². The number of aryl methyl sites for hydroxylation is 2. The zero-order valence-electron chi connectivity index (χ0n) is 26.1. The number of nitrogens with zero attached hydrogens (tertiary/aromatic N) is 1. The number of para-hydroxylation sites is 1. The monoisotopic (exact) mass is 563 g/mol. The van der Waals surface area contributed by atoms with E-state index in [-0.39, 0.29) is 10.6 Å². The largest absolute Gasteiger partial charge is 0.488 e. The van der Waals surface area contributed by atoms with Gasteiger partial charge in [0.05, 0.1) is 5.69 Å². The Bertz CT molecular complexity index is 1480. The molecule has 1 atom stereocenters. The van der Waals surface area contributed by atoms with Crippen molar-refractivity contribution in [3.8, 4) is 5.75 Å². The molecule has 214 valence electrons. The standard InChI is InChI=1S/C38H46NOP/c1-9-38(10-2,41-36-27(3)18-17-23-33(36)29(5)39-32-21-15-12-16-22-32)34-25-31(37(6,7)8)24-28(4)35(34)40-26-30-19-13-11-14-20-30/h11-25,41H,9-10,26H2,1-8H3/b39-29+. The summed E-state index contributed by atoms with van der Waals surface area (Å²) < 4.78 is 6.74. The van der Waals surface area contributed by atoms with Gasteiger partial charge in [-0.1, -0.05) is 122 Å². The molecule has 4 rings (SSSR count). The second-order valence-corrected chi connectivity index (χ2v) is 13.8. The fourth-order valence-corrected chi connectivity index (χ4v) is 7.32. The highest BCUT2D eigenvalue weighted by Crippen LogP contribution is 2.52. The van der Waals surface area contributed by atoms with Crippen molar-refractivity contribution in [1.82, 2.24) is 0 Å². The molecule has 2 nitrogen and oxygen atoms in total. The van der Waals surface area contributed by atoms with Crippen molar-refractivity contribution in [2.45, 2.75) is 85.4 Å². The second-order valence-electron chi connectivity index (χ2n) is 12.1. The summed E-state index contributed by atoms with van der Waals surface area (Å²) in [5.41, 5.74) is 9.76. The molecule has 0 aliphatic heterocycles. The van der Waals surface area contributed by atoms with Crippen LogP contribution >= 0.6 is 8.58 Å². The highest BCUT2D eigenvalue weighted by Gasteiger charge is 2.35. The molecule has 3 heteroatoms. The van der Waals surface area contributed by atoms with Crippen molar-refractivity contribution in [2.75, 3.05) is 0 Å². The van der Waals surface area contributed by atoms with Crippen molar-refractivity contribution in [3.05, 3.63) is 124 Å². The molecule has 0 heterocycles. The Kier molecular flexibility index (Phi) is 9.88. The summed E-state index contributed by atoms with van der Waals surface area (Å²) in [7, 11) is 0.577. The van der Waals surface area contributed by atoms with E-state index in [0.29, 0.717) is 15.2 Å². The van der Waals surface area contributed by atoms with E-state index in [1.165, 1.54) is 38.7 Å². The van der Waals surface area contributed by atoms with Gasteiger partial charge in [0.15, 0.2) is 0 Å². The van der Waals surface area contributed by atoms with Crippen LogP contribution in [0.15, 0.2) is 96.0 Å². The van der Waals surface area contributed by atoms with Crippen LogP contribution in [0, 0.1) is 13.8 Å². The van der Waals surface area contributed by atoms with Crippen LogP contribution in [0.1, 0.15) is 87.8 Å². The number of ether oxygens (including phenoxy) is 1. The van der Waals surface area contributed by atoms with Crippen molar-refractivity contribution in [3.63, 3.8) is 0 Å². The Balaban J connectivity index is 1.86. The first-order valence-electron chi connectivity index (χ1n) is 14.9. The second kappa shape index (κ2) is 13.2. The molecule has 0 radical (unpaired) electrons. The highest BCUT2D eigenvalue weighted by molar-refractivity contribution is 7.49. The first-order chi connectivity index (χ1) is 19.6. The molecule has 0 amide bonds. The van der Waals surface area contributed by atoms with Crippen LogP contribution in [0.25, 0.3) is 0 Å². The van der Waals surface area contributed by atoms with E-state index in [2.05, 4.69) is 128 Å². The zero-order valence-corrected chi connectivity index (χ0v) is 27.1. The summed E-state index contributed by atoms with van der Waals surface area (Å²) in [5, 5.41) is 1.34. The Morgan fingerprint density at radius 3 is 2.02 bits per heavy atom. The first-order valence-corrected chi connectivity index (χ1v) is 15.9. The molecule has 0 N–H and O–H groups in total. The first kappa shape index (κ1) is 30.7. The van der Waals surface area contributed by atoms with Gasteiger partial charge in [-0.2, -0.15) is 0 Å². The van der Waals surface area contributed by atoms with Gasteiger partial charge >= 0.3 is 0 Å². The Morgan fingerprint density at radius 1 is 0.780 bits per heavy atom. The third kappa shape index (κ3) is 7.17. The Labute approximate surface area is 250 Å². The van der Waals surface area contributed by atoms with Gasteiger partial charge in [-0.15, -0.1) is 0 Å². The maximum atomic E-state index is 6.74. The van der Waals surface area contributed by atoms with E-state index in [1.807, 2.05) is 18.2 Å². The van der Waals surface area contributed by atoms with E-state index in [9.17, 15) is 0 Å². The molecule has 0 saturated carbocycles. The zero-order chi connectivity index (χ0) is 29.6. The Morgan fingerprint density at radius 2 is 1.41 bits per heavy atom. The summed E-state index contributed by atoms with van der Waals surface area (Å²) in [6, 6.07) is 32.2. The minimum Gasteiger partial charge on any atom is -0.488 e. The highest BCUT2D eigenvalue weighted by atomic mass is 31.1. The maximum Gasteiger partial charge on any atom is 0.126 e. The van der Waals surface area contributed by atoms with Gasteiger partial charge in [-0.05, 0) is 78.7 Å². The molecule has 0 spiro atoms. The minimum absolute atomic E-state index is 0.0422. The van der Waals surface area contributed by atoms with Gasteiger partial charge in [0, 0.05) is 22.0 Å². The molecular weight excluding hydrogens is 517 g/mol. The van der Waals surface area contributed by atoms with Gasteiger partial charge in [-0.25, -0.2) is 0 Å². The molecule has 0 saturated heterocycles. The minimum atomic E-state index is -0.0636. The van der Waals surface area contributed by atoms with Crippen molar-refractivity contribution in [1.29, 1.82) is 0 Å². The summed E-state index contributed by atoms with van der Waals surface area (Å²) in [5.74, 6) is 1.04. The topological polar surface area (TPSA) is 21.6 Å². The molecule has 0 aliphatic rings.